The molecule has 0 fully saturated rings. The molecule has 1 aromatic rings. The van der Waals surface area contributed by atoms with Crippen molar-refractivity contribution in [2.24, 2.45) is 0 Å². The number of hydrogen-bond donors (Lipinski definition) is 2. The third-order valence-corrected chi connectivity index (χ3v) is 2.44. The lowest BCUT2D eigenvalue weighted by molar-refractivity contribution is 0.0697. The first-order chi connectivity index (χ1) is 8.51. The first-order valence-corrected chi connectivity index (χ1v) is 5.20. The van der Waals surface area contributed by atoms with Crippen molar-refractivity contribution in [2.75, 3.05) is 23.7 Å². The van der Waals surface area contributed by atoms with Gasteiger partial charge in [-0.1, -0.05) is 11.6 Å². The molecule has 0 bridgehead atoms. The molecular weight excluding hydrogens is 256 g/mol. The summed E-state index contributed by atoms with van der Waals surface area (Å²) in [6.45, 7) is -0.283. The van der Waals surface area contributed by atoms with Gasteiger partial charge >= 0.3 is 5.97 Å². The van der Waals surface area contributed by atoms with Crippen molar-refractivity contribution in [3.05, 3.63) is 22.7 Å². The van der Waals surface area contributed by atoms with Crippen LogP contribution in [-0.2, 0) is 0 Å². The predicted molar refractivity (Wildman–Crippen MR) is 66.3 cm³/mol. The van der Waals surface area contributed by atoms with E-state index in [1.54, 1.807) is 0 Å². The summed E-state index contributed by atoms with van der Waals surface area (Å²) in [7, 11) is 0. The molecule has 0 saturated carbocycles. The molecular formula is C11H9ClN4O2. The number of benzene rings is 1. The second kappa shape index (κ2) is 5.76. The normalized spacial score (nSPS) is 9.28. The molecule has 0 amide bonds. The summed E-state index contributed by atoms with van der Waals surface area (Å²) in [5.74, 6) is -1.22. The summed E-state index contributed by atoms with van der Waals surface area (Å²) < 4.78 is 0. The van der Waals surface area contributed by atoms with Crippen LogP contribution in [-0.4, -0.2) is 24.2 Å². The zero-order valence-electron chi connectivity index (χ0n) is 9.22. The molecule has 6 nitrogen and oxygen atoms in total. The van der Waals surface area contributed by atoms with E-state index in [4.69, 9.17) is 33.0 Å². The van der Waals surface area contributed by atoms with E-state index in [0.29, 0.717) is 0 Å². The van der Waals surface area contributed by atoms with Crippen molar-refractivity contribution >= 4 is 28.9 Å². The van der Waals surface area contributed by atoms with Crippen molar-refractivity contribution in [1.82, 2.24) is 0 Å². The Kier molecular flexibility index (Phi) is 4.36. The van der Waals surface area contributed by atoms with Crippen LogP contribution in [0.2, 0.25) is 5.02 Å². The summed E-state index contributed by atoms with van der Waals surface area (Å²) in [5, 5.41) is 26.6. The molecule has 0 aliphatic rings. The van der Waals surface area contributed by atoms with Gasteiger partial charge in [0.2, 0.25) is 0 Å². The molecule has 0 radical (unpaired) electrons. The molecule has 18 heavy (non-hydrogen) atoms. The Labute approximate surface area is 108 Å². The number of anilines is 2. The number of nitrogens with zero attached hydrogens (tertiary/aromatic N) is 3. The van der Waals surface area contributed by atoms with Crippen LogP contribution in [0, 0.1) is 22.7 Å². The van der Waals surface area contributed by atoms with Gasteiger partial charge in [-0.25, -0.2) is 4.79 Å². The van der Waals surface area contributed by atoms with Gasteiger partial charge in [0.15, 0.2) is 0 Å². The highest BCUT2D eigenvalue weighted by Gasteiger charge is 2.20. The number of aromatic carboxylic acids is 1. The molecule has 0 saturated heterocycles. The quantitative estimate of drug-likeness (QED) is 0.629. The number of carboxylic acid groups (broad SMARTS) is 1. The number of nitrogens with two attached hydrogens (primary N) is 1. The monoisotopic (exact) mass is 264 g/mol. The van der Waals surface area contributed by atoms with Gasteiger partial charge in [0.05, 0.1) is 28.4 Å². The van der Waals surface area contributed by atoms with Gasteiger partial charge in [-0.3, -0.25) is 0 Å². The average Bonchev–Trinajstić information content (AvgIpc) is 2.27. The Bertz CT molecular complexity index is 543. The maximum atomic E-state index is 11.1. The molecule has 1 aromatic carbocycles. The summed E-state index contributed by atoms with van der Waals surface area (Å²) in [4.78, 5) is 12.4. The minimum atomic E-state index is -1.22. The number of rotatable bonds is 4. The Morgan fingerprint density at radius 1 is 1.39 bits per heavy atom. The topological polar surface area (TPSA) is 114 Å². The van der Waals surface area contributed by atoms with Gasteiger partial charge in [-0.15, -0.1) is 0 Å². The van der Waals surface area contributed by atoms with Crippen LogP contribution in [0.3, 0.4) is 0 Å². The highest BCUT2D eigenvalue weighted by atomic mass is 35.5. The largest absolute Gasteiger partial charge is 0.478 e. The van der Waals surface area contributed by atoms with Crippen LogP contribution < -0.4 is 10.6 Å². The lowest BCUT2D eigenvalue weighted by Crippen LogP contribution is -2.26. The third-order valence-electron chi connectivity index (χ3n) is 2.16. The van der Waals surface area contributed by atoms with E-state index >= 15 is 0 Å². The highest BCUT2D eigenvalue weighted by Crippen LogP contribution is 2.32. The molecule has 0 heterocycles. The molecule has 0 aromatic heterocycles. The van der Waals surface area contributed by atoms with Crippen molar-refractivity contribution in [2.45, 2.75) is 0 Å². The minimum Gasteiger partial charge on any atom is -0.478 e. The van der Waals surface area contributed by atoms with E-state index in [2.05, 4.69) is 0 Å². The van der Waals surface area contributed by atoms with Crippen LogP contribution >= 0.6 is 11.6 Å². The van der Waals surface area contributed by atoms with Crippen LogP contribution in [0.5, 0.6) is 0 Å². The van der Waals surface area contributed by atoms with E-state index in [1.807, 2.05) is 12.1 Å². The van der Waals surface area contributed by atoms with E-state index in [-0.39, 0.29) is 35.1 Å². The van der Waals surface area contributed by atoms with E-state index in [1.165, 1.54) is 17.0 Å². The Morgan fingerprint density at radius 2 is 1.94 bits per heavy atom. The summed E-state index contributed by atoms with van der Waals surface area (Å²) in [6, 6.07) is 6.32. The fourth-order valence-electron chi connectivity index (χ4n) is 1.49. The molecule has 0 aliphatic heterocycles. The van der Waals surface area contributed by atoms with Crippen LogP contribution in [0.15, 0.2) is 12.1 Å². The fraction of sp³-hybridized carbons (Fsp3) is 0.182. The SMILES string of the molecule is N#CCN(CC#N)c1c(Cl)cc(N)cc1C(=O)O. The summed E-state index contributed by atoms with van der Waals surface area (Å²) >= 11 is 5.94. The zero-order chi connectivity index (χ0) is 13.7. The van der Waals surface area contributed by atoms with Gasteiger partial charge in [0.1, 0.15) is 13.1 Å². The van der Waals surface area contributed by atoms with Crippen molar-refractivity contribution in [1.29, 1.82) is 10.5 Å². The lowest BCUT2D eigenvalue weighted by atomic mass is 10.1. The smallest absolute Gasteiger partial charge is 0.337 e. The van der Waals surface area contributed by atoms with Gasteiger partial charge in [0, 0.05) is 5.69 Å². The van der Waals surface area contributed by atoms with Crippen LogP contribution in [0.25, 0.3) is 0 Å². The molecule has 3 N–H and O–H groups in total. The maximum Gasteiger partial charge on any atom is 0.337 e. The van der Waals surface area contributed by atoms with Gasteiger partial charge in [-0.05, 0) is 12.1 Å². The first-order valence-electron chi connectivity index (χ1n) is 4.82. The van der Waals surface area contributed by atoms with E-state index in [0.717, 1.165) is 0 Å². The molecule has 0 unspecified atom stereocenters. The molecule has 0 aliphatic carbocycles. The van der Waals surface area contributed by atoms with Crippen molar-refractivity contribution < 1.29 is 9.90 Å². The zero-order valence-corrected chi connectivity index (χ0v) is 9.98. The van der Waals surface area contributed by atoms with Crippen LogP contribution in [0.1, 0.15) is 10.4 Å². The van der Waals surface area contributed by atoms with Crippen LogP contribution in [0.4, 0.5) is 11.4 Å². The number of carboxylic acids is 1. The van der Waals surface area contributed by atoms with Crippen molar-refractivity contribution in [3.63, 3.8) is 0 Å². The Balaban J connectivity index is 3.41. The minimum absolute atomic E-state index is 0.0953. The second-order valence-corrected chi connectivity index (χ2v) is 3.78. The number of halogens is 1. The highest BCUT2D eigenvalue weighted by molar-refractivity contribution is 6.34. The Hall–Kier alpha value is -2.44. The summed E-state index contributed by atoms with van der Waals surface area (Å²) in [6.07, 6.45) is 0. The molecule has 7 heteroatoms. The Morgan fingerprint density at radius 3 is 2.39 bits per heavy atom. The van der Waals surface area contributed by atoms with Gasteiger partial charge in [-0.2, -0.15) is 10.5 Å². The molecule has 1 rings (SSSR count). The standard InChI is InChI=1S/C11H9ClN4O2/c12-9-6-7(15)5-8(11(17)18)10(9)16(3-1-13)4-2-14/h5-6H,3-4,15H2,(H,17,18). The predicted octanol–water partition coefficient (Wildman–Crippen LogP) is 1.47. The van der Waals surface area contributed by atoms with E-state index in [9.17, 15) is 4.79 Å². The van der Waals surface area contributed by atoms with Crippen molar-refractivity contribution in [3.8, 4) is 12.1 Å². The average molecular weight is 265 g/mol. The first kappa shape index (κ1) is 13.6. The summed E-state index contributed by atoms with van der Waals surface area (Å²) in [5.41, 5.74) is 5.71. The number of nitrogen functional groups attached to an aromatic ring is 1. The molecule has 92 valence electrons. The lowest BCUT2D eigenvalue weighted by Gasteiger charge is -2.21. The second-order valence-electron chi connectivity index (χ2n) is 3.38. The van der Waals surface area contributed by atoms with Gasteiger partial charge in [0.25, 0.3) is 0 Å². The third kappa shape index (κ3) is 2.82. The molecule has 0 atom stereocenters. The number of hydrogen-bond acceptors (Lipinski definition) is 5. The van der Waals surface area contributed by atoms with E-state index < -0.39 is 5.97 Å². The molecule has 0 spiro atoms. The number of carbonyl (C=O) groups is 1. The maximum absolute atomic E-state index is 11.1. The number of nitriles is 2. The fourth-order valence-corrected chi connectivity index (χ4v) is 1.84. The van der Waals surface area contributed by atoms with Gasteiger partial charge < -0.3 is 15.7 Å².